The number of nitro groups is 1. The normalized spacial score (nSPS) is 17.1. The Hall–Kier alpha value is -1.95. The highest BCUT2D eigenvalue weighted by atomic mass is 16.6. The Bertz CT molecular complexity index is 494. The van der Waals surface area contributed by atoms with Crippen LogP contribution in [0, 0.1) is 10.1 Å². The molecule has 0 unspecified atom stereocenters. The van der Waals surface area contributed by atoms with Crippen molar-refractivity contribution in [1.29, 1.82) is 0 Å². The Balaban J connectivity index is 2.15. The Morgan fingerprint density at radius 1 is 1.42 bits per heavy atom. The standard InChI is InChI=1S/C13H15NO5/c15-8-10-3-4-12(11(7-10)14(17)18)19-9-13(16)5-1-2-6-13/h3-4,7-8,16H,1-2,5-6,9H2. The van der Waals surface area contributed by atoms with Gasteiger partial charge in [-0.15, -0.1) is 0 Å². The molecule has 6 nitrogen and oxygen atoms in total. The van der Waals surface area contributed by atoms with Gasteiger partial charge in [-0.2, -0.15) is 0 Å². The van der Waals surface area contributed by atoms with Gasteiger partial charge < -0.3 is 9.84 Å². The lowest BCUT2D eigenvalue weighted by Crippen LogP contribution is -2.32. The van der Waals surface area contributed by atoms with E-state index >= 15 is 0 Å². The Kier molecular flexibility index (Phi) is 3.80. The molecular formula is C13H15NO5. The van der Waals surface area contributed by atoms with Crippen molar-refractivity contribution in [3.05, 3.63) is 33.9 Å². The van der Waals surface area contributed by atoms with Crippen molar-refractivity contribution in [3.8, 4) is 5.75 Å². The van der Waals surface area contributed by atoms with E-state index < -0.39 is 10.5 Å². The van der Waals surface area contributed by atoms with Gasteiger partial charge in [-0.3, -0.25) is 14.9 Å². The zero-order valence-corrected chi connectivity index (χ0v) is 10.4. The molecule has 0 heterocycles. The molecule has 6 heteroatoms. The zero-order valence-electron chi connectivity index (χ0n) is 10.4. The second kappa shape index (κ2) is 5.36. The minimum atomic E-state index is -0.892. The molecule has 0 bridgehead atoms. The molecule has 0 spiro atoms. The maximum atomic E-state index is 10.9. The van der Waals surface area contributed by atoms with Crippen LogP contribution in [0.3, 0.4) is 0 Å². The molecule has 1 aliphatic rings. The monoisotopic (exact) mass is 265 g/mol. The van der Waals surface area contributed by atoms with Gasteiger partial charge in [0.1, 0.15) is 12.9 Å². The molecule has 0 radical (unpaired) electrons. The Morgan fingerprint density at radius 2 is 2.11 bits per heavy atom. The van der Waals surface area contributed by atoms with Crippen molar-refractivity contribution >= 4 is 12.0 Å². The second-order valence-electron chi connectivity index (χ2n) is 4.82. The smallest absolute Gasteiger partial charge is 0.311 e. The summed E-state index contributed by atoms with van der Waals surface area (Å²) in [5.41, 5.74) is -0.929. The van der Waals surface area contributed by atoms with Crippen molar-refractivity contribution in [2.24, 2.45) is 0 Å². The number of aliphatic hydroxyl groups is 1. The van der Waals surface area contributed by atoms with Gasteiger partial charge in [0.05, 0.1) is 10.5 Å². The third kappa shape index (κ3) is 3.08. The molecule has 1 aliphatic carbocycles. The first-order valence-electron chi connectivity index (χ1n) is 6.13. The van der Waals surface area contributed by atoms with Crippen LogP contribution in [0.1, 0.15) is 36.0 Å². The van der Waals surface area contributed by atoms with Crippen LogP contribution in [0.4, 0.5) is 5.69 Å². The average molecular weight is 265 g/mol. The molecule has 0 atom stereocenters. The van der Waals surface area contributed by atoms with Gasteiger partial charge in [0.25, 0.3) is 0 Å². The summed E-state index contributed by atoms with van der Waals surface area (Å²) >= 11 is 0. The first kappa shape index (κ1) is 13.5. The van der Waals surface area contributed by atoms with E-state index in [4.69, 9.17) is 4.74 Å². The lowest BCUT2D eigenvalue weighted by molar-refractivity contribution is -0.386. The molecule has 0 aromatic heterocycles. The fourth-order valence-corrected chi connectivity index (χ4v) is 2.26. The molecule has 1 saturated carbocycles. The SMILES string of the molecule is O=Cc1ccc(OCC2(O)CCCC2)c([N+](=O)[O-])c1. The summed E-state index contributed by atoms with van der Waals surface area (Å²) in [7, 11) is 0. The fourth-order valence-electron chi connectivity index (χ4n) is 2.26. The summed E-state index contributed by atoms with van der Waals surface area (Å²) in [6.07, 6.45) is 3.71. The van der Waals surface area contributed by atoms with Crippen molar-refractivity contribution in [3.63, 3.8) is 0 Å². The molecule has 1 N–H and O–H groups in total. The van der Waals surface area contributed by atoms with E-state index in [0.717, 1.165) is 12.8 Å². The van der Waals surface area contributed by atoms with E-state index in [2.05, 4.69) is 0 Å². The van der Waals surface area contributed by atoms with Crippen LogP contribution in [0.5, 0.6) is 5.75 Å². The van der Waals surface area contributed by atoms with Crippen LogP contribution >= 0.6 is 0 Å². The number of benzene rings is 1. The third-order valence-electron chi connectivity index (χ3n) is 3.35. The number of ether oxygens (including phenoxy) is 1. The van der Waals surface area contributed by atoms with Gasteiger partial charge >= 0.3 is 5.69 Å². The summed E-state index contributed by atoms with van der Waals surface area (Å²) in [6, 6.07) is 4.01. The van der Waals surface area contributed by atoms with E-state index in [1.165, 1.54) is 18.2 Å². The van der Waals surface area contributed by atoms with E-state index in [1.54, 1.807) is 0 Å². The van der Waals surface area contributed by atoms with Gasteiger partial charge in [0.2, 0.25) is 0 Å². The molecule has 1 aromatic carbocycles. The Labute approximate surface area is 110 Å². The van der Waals surface area contributed by atoms with Gasteiger partial charge in [-0.25, -0.2) is 0 Å². The van der Waals surface area contributed by atoms with Crippen molar-refractivity contribution < 1.29 is 19.6 Å². The predicted octanol–water partition coefficient (Wildman–Crippen LogP) is 2.09. The van der Waals surface area contributed by atoms with Crippen LogP contribution in [-0.4, -0.2) is 28.5 Å². The van der Waals surface area contributed by atoms with Crippen molar-refractivity contribution in [1.82, 2.24) is 0 Å². The number of carbonyl (C=O) groups is 1. The molecule has 0 amide bonds. The largest absolute Gasteiger partial charge is 0.484 e. The summed E-state index contributed by atoms with van der Waals surface area (Å²) in [5, 5.41) is 21.0. The zero-order chi connectivity index (χ0) is 13.9. The van der Waals surface area contributed by atoms with E-state index in [9.17, 15) is 20.0 Å². The molecular weight excluding hydrogens is 250 g/mol. The first-order chi connectivity index (χ1) is 9.04. The molecule has 1 aromatic rings. The predicted molar refractivity (Wildman–Crippen MR) is 67.4 cm³/mol. The molecule has 102 valence electrons. The van der Waals surface area contributed by atoms with E-state index in [0.29, 0.717) is 19.1 Å². The van der Waals surface area contributed by atoms with Crippen LogP contribution < -0.4 is 4.74 Å². The van der Waals surface area contributed by atoms with Gasteiger partial charge in [0, 0.05) is 11.6 Å². The highest BCUT2D eigenvalue weighted by Gasteiger charge is 2.32. The lowest BCUT2D eigenvalue weighted by Gasteiger charge is -2.22. The lowest BCUT2D eigenvalue weighted by atomic mass is 10.0. The summed E-state index contributed by atoms with van der Waals surface area (Å²) in [6.45, 7) is 0.0360. The minimum Gasteiger partial charge on any atom is -0.484 e. The van der Waals surface area contributed by atoms with Gasteiger partial charge in [-0.05, 0) is 25.0 Å². The summed E-state index contributed by atoms with van der Waals surface area (Å²) in [5.74, 6) is 0.0796. The van der Waals surface area contributed by atoms with Crippen molar-refractivity contribution in [2.75, 3.05) is 6.61 Å². The van der Waals surface area contributed by atoms with Gasteiger partial charge in [-0.1, -0.05) is 12.8 Å². The molecule has 1 fully saturated rings. The number of nitro benzene ring substituents is 1. The third-order valence-corrected chi connectivity index (χ3v) is 3.35. The van der Waals surface area contributed by atoms with Gasteiger partial charge in [0.15, 0.2) is 5.75 Å². The van der Waals surface area contributed by atoms with Crippen LogP contribution in [0.25, 0.3) is 0 Å². The van der Waals surface area contributed by atoms with E-state index in [1.807, 2.05) is 0 Å². The highest BCUT2D eigenvalue weighted by Crippen LogP contribution is 2.33. The maximum absolute atomic E-state index is 10.9. The Morgan fingerprint density at radius 3 is 2.68 bits per heavy atom. The van der Waals surface area contributed by atoms with E-state index in [-0.39, 0.29) is 23.6 Å². The quantitative estimate of drug-likeness (QED) is 0.500. The number of hydrogen-bond donors (Lipinski definition) is 1. The molecule has 0 aliphatic heterocycles. The topological polar surface area (TPSA) is 89.7 Å². The number of nitrogens with zero attached hydrogens (tertiary/aromatic N) is 1. The molecule has 2 rings (SSSR count). The minimum absolute atomic E-state index is 0.0360. The molecule has 0 saturated heterocycles. The number of aldehydes is 1. The second-order valence-corrected chi connectivity index (χ2v) is 4.82. The van der Waals surface area contributed by atoms with Crippen LogP contribution in [0.2, 0.25) is 0 Å². The molecule has 19 heavy (non-hydrogen) atoms. The number of carbonyl (C=O) groups excluding carboxylic acids is 1. The van der Waals surface area contributed by atoms with Crippen LogP contribution in [-0.2, 0) is 0 Å². The fraction of sp³-hybridized carbons (Fsp3) is 0.462. The average Bonchev–Trinajstić information content (AvgIpc) is 2.83. The number of rotatable bonds is 5. The van der Waals surface area contributed by atoms with Crippen molar-refractivity contribution in [2.45, 2.75) is 31.3 Å². The summed E-state index contributed by atoms with van der Waals surface area (Å²) in [4.78, 5) is 20.9. The number of hydrogen-bond acceptors (Lipinski definition) is 5. The summed E-state index contributed by atoms with van der Waals surface area (Å²) < 4.78 is 5.38. The first-order valence-corrected chi connectivity index (χ1v) is 6.13. The maximum Gasteiger partial charge on any atom is 0.311 e. The van der Waals surface area contributed by atoms with Crippen LogP contribution in [0.15, 0.2) is 18.2 Å². The highest BCUT2D eigenvalue weighted by molar-refractivity contribution is 5.77.